The van der Waals surface area contributed by atoms with Gasteiger partial charge < -0.3 is 5.73 Å². The molecule has 2 N–H and O–H groups in total. The second-order valence-corrected chi connectivity index (χ2v) is 3.12. The lowest BCUT2D eigenvalue weighted by atomic mass is 10.1. The molecular formula is C6H11NS. The first-order valence-electron chi connectivity index (χ1n) is 2.84. The lowest BCUT2D eigenvalue weighted by molar-refractivity contribution is 0.596. The van der Waals surface area contributed by atoms with Crippen molar-refractivity contribution >= 4 is 11.8 Å². The van der Waals surface area contributed by atoms with Gasteiger partial charge >= 0.3 is 0 Å². The second kappa shape index (κ2) is 2.55. The highest BCUT2D eigenvalue weighted by Crippen LogP contribution is 2.21. The first-order chi connectivity index (χ1) is 3.80. The lowest BCUT2D eigenvalue weighted by Crippen LogP contribution is -2.25. The van der Waals surface area contributed by atoms with Crippen LogP contribution in [0.4, 0.5) is 0 Å². The van der Waals surface area contributed by atoms with Gasteiger partial charge in [0.05, 0.1) is 0 Å². The van der Waals surface area contributed by atoms with Gasteiger partial charge in [0.15, 0.2) is 0 Å². The molecule has 0 radical (unpaired) electrons. The third-order valence-corrected chi connectivity index (χ3v) is 2.31. The summed E-state index contributed by atoms with van der Waals surface area (Å²) in [6.45, 7) is 2.06. The molecule has 1 heterocycles. The van der Waals surface area contributed by atoms with Crippen molar-refractivity contribution in [3.8, 4) is 0 Å². The van der Waals surface area contributed by atoms with E-state index in [1.165, 1.54) is 5.75 Å². The monoisotopic (exact) mass is 129 g/mol. The molecule has 1 aliphatic heterocycles. The van der Waals surface area contributed by atoms with Crippen molar-refractivity contribution in [3.05, 3.63) is 11.5 Å². The molecule has 2 atom stereocenters. The minimum atomic E-state index is 0.334. The Kier molecular flexibility index (Phi) is 1.97. The van der Waals surface area contributed by atoms with E-state index in [-0.39, 0.29) is 0 Å². The van der Waals surface area contributed by atoms with Gasteiger partial charge in [-0.1, -0.05) is 6.08 Å². The van der Waals surface area contributed by atoms with Crippen LogP contribution in [0.3, 0.4) is 0 Å². The minimum Gasteiger partial charge on any atom is -0.327 e. The first-order valence-corrected chi connectivity index (χ1v) is 3.89. The van der Waals surface area contributed by atoms with Crippen molar-refractivity contribution < 1.29 is 0 Å². The fourth-order valence-electron chi connectivity index (χ4n) is 0.706. The van der Waals surface area contributed by atoms with E-state index in [9.17, 15) is 0 Å². The maximum atomic E-state index is 5.63. The molecule has 0 spiro atoms. The van der Waals surface area contributed by atoms with Crippen LogP contribution in [0.15, 0.2) is 11.5 Å². The molecule has 0 fully saturated rings. The SMILES string of the molecule is CC(N)C1C=CSC1. The average Bonchev–Trinajstić information content (AvgIpc) is 2.12. The van der Waals surface area contributed by atoms with Crippen LogP contribution in [-0.2, 0) is 0 Å². The zero-order chi connectivity index (χ0) is 5.98. The Hall–Kier alpha value is 0.0500. The zero-order valence-electron chi connectivity index (χ0n) is 5.00. The highest BCUT2D eigenvalue weighted by molar-refractivity contribution is 8.02. The van der Waals surface area contributed by atoms with Gasteiger partial charge in [0.1, 0.15) is 0 Å². The van der Waals surface area contributed by atoms with E-state index in [0.717, 1.165) is 0 Å². The summed E-state index contributed by atoms with van der Waals surface area (Å²) in [5.74, 6) is 1.80. The number of nitrogens with two attached hydrogens (primary N) is 1. The summed E-state index contributed by atoms with van der Waals surface area (Å²) in [5.41, 5.74) is 5.63. The molecule has 0 aliphatic carbocycles. The molecule has 0 saturated heterocycles. The first kappa shape index (κ1) is 6.17. The van der Waals surface area contributed by atoms with Crippen molar-refractivity contribution in [3.63, 3.8) is 0 Å². The van der Waals surface area contributed by atoms with Gasteiger partial charge in [-0.2, -0.15) is 0 Å². The summed E-state index contributed by atoms with van der Waals surface area (Å²) in [6.07, 6.45) is 2.19. The summed E-state index contributed by atoms with van der Waals surface area (Å²) in [5, 5.41) is 2.13. The summed E-state index contributed by atoms with van der Waals surface area (Å²) in [4.78, 5) is 0. The fourth-order valence-corrected chi connectivity index (χ4v) is 1.77. The summed E-state index contributed by atoms with van der Waals surface area (Å²) in [6, 6.07) is 0.334. The smallest absolute Gasteiger partial charge is 0.00817 e. The van der Waals surface area contributed by atoms with Gasteiger partial charge in [0, 0.05) is 17.7 Å². The predicted octanol–water partition coefficient (Wildman–Crippen LogP) is 1.21. The Morgan fingerprint density at radius 1 is 1.88 bits per heavy atom. The largest absolute Gasteiger partial charge is 0.327 e. The molecular weight excluding hydrogens is 118 g/mol. The summed E-state index contributed by atoms with van der Waals surface area (Å²) < 4.78 is 0. The molecule has 1 rings (SSSR count). The quantitative estimate of drug-likeness (QED) is 0.576. The van der Waals surface area contributed by atoms with Crippen LogP contribution >= 0.6 is 11.8 Å². The molecule has 1 nitrogen and oxygen atoms in total. The van der Waals surface area contributed by atoms with Crippen molar-refractivity contribution in [2.24, 2.45) is 11.7 Å². The molecule has 8 heavy (non-hydrogen) atoms. The molecule has 0 amide bonds. The van der Waals surface area contributed by atoms with Crippen LogP contribution in [0.2, 0.25) is 0 Å². The maximum Gasteiger partial charge on any atom is 0.00817 e. The van der Waals surface area contributed by atoms with Crippen LogP contribution in [0, 0.1) is 5.92 Å². The predicted molar refractivity (Wildman–Crippen MR) is 38.7 cm³/mol. The molecule has 2 unspecified atom stereocenters. The summed E-state index contributed by atoms with van der Waals surface area (Å²) in [7, 11) is 0. The average molecular weight is 129 g/mol. The van der Waals surface area contributed by atoms with Crippen LogP contribution in [0.1, 0.15) is 6.92 Å². The Morgan fingerprint density at radius 2 is 2.62 bits per heavy atom. The molecule has 0 aromatic carbocycles. The standard InChI is InChI=1S/C6H11NS/c1-5(7)6-2-3-8-4-6/h2-3,5-6H,4,7H2,1H3. The number of rotatable bonds is 1. The van der Waals surface area contributed by atoms with Gasteiger partial charge in [0.25, 0.3) is 0 Å². The van der Waals surface area contributed by atoms with Crippen molar-refractivity contribution in [1.29, 1.82) is 0 Å². The van der Waals surface area contributed by atoms with E-state index in [4.69, 9.17) is 5.73 Å². The third-order valence-electron chi connectivity index (χ3n) is 1.39. The zero-order valence-corrected chi connectivity index (χ0v) is 5.82. The van der Waals surface area contributed by atoms with Crippen LogP contribution in [0.5, 0.6) is 0 Å². The molecule has 0 aromatic rings. The van der Waals surface area contributed by atoms with Crippen LogP contribution in [0.25, 0.3) is 0 Å². The number of thioether (sulfide) groups is 1. The van der Waals surface area contributed by atoms with E-state index in [0.29, 0.717) is 12.0 Å². The minimum absolute atomic E-state index is 0.334. The van der Waals surface area contributed by atoms with Crippen molar-refractivity contribution in [2.75, 3.05) is 5.75 Å². The Bertz CT molecular complexity index is 98.7. The molecule has 46 valence electrons. The van der Waals surface area contributed by atoms with E-state index < -0.39 is 0 Å². The highest BCUT2D eigenvalue weighted by atomic mass is 32.2. The van der Waals surface area contributed by atoms with Gasteiger partial charge in [0.2, 0.25) is 0 Å². The molecule has 1 aliphatic rings. The van der Waals surface area contributed by atoms with Crippen molar-refractivity contribution in [1.82, 2.24) is 0 Å². The third kappa shape index (κ3) is 1.26. The normalized spacial score (nSPS) is 31.0. The molecule has 2 heteroatoms. The molecule has 0 aromatic heterocycles. The van der Waals surface area contributed by atoms with E-state index >= 15 is 0 Å². The van der Waals surface area contributed by atoms with Gasteiger partial charge in [-0.05, 0) is 12.3 Å². The van der Waals surface area contributed by atoms with Crippen LogP contribution in [-0.4, -0.2) is 11.8 Å². The summed E-state index contributed by atoms with van der Waals surface area (Å²) >= 11 is 1.85. The van der Waals surface area contributed by atoms with Gasteiger partial charge in [-0.3, -0.25) is 0 Å². The van der Waals surface area contributed by atoms with Gasteiger partial charge in [-0.25, -0.2) is 0 Å². The second-order valence-electron chi connectivity index (χ2n) is 2.18. The lowest BCUT2D eigenvalue weighted by Gasteiger charge is -2.09. The van der Waals surface area contributed by atoms with Gasteiger partial charge in [-0.15, -0.1) is 11.8 Å². The topological polar surface area (TPSA) is 26.0 Å². The Balaban J connectivity index is 2.36. The number of hydrogen-bond acceptors (Lipinski definition) is 2. The number of hydrogen-bond donors (Lipinski definition) is 1. The Morgan fingerprint density at radius 3 is 2.88 bits per heavy atom. The van der Waals surface area contributed by atoms with Crippen molar-refractivity contribution in [2.45, 2.75) is 13.0 Å². The maximum absolute atomic E-state index is 5.63. The van der Waals surface area contributed by atoms with Crippen LogP contribution < -0.4 is 5.73 Å². The van der Waals surface area contributed by atoms with E-state index in [2.05, 4.69) is 18.4 Å². The highest BCUT2D eigenvalue weighted by Gasteiger charge is 2.12. The molecule has 0 bridgehead atoms. The van der Waals surface area contributed by atoms with E-state index in [1.54, 1.807) is 0 Å². The molecule has 0 saturated carbocycles. The van der Waals surface area contributed by atoms with E-state index in [1.807, 2.05) is 11.8 Å². The Labute approximate surface area is 54.3 Å². The fraction of sp³-hybridized carbons (Fsp3) is 0.667.